The summed E-state index contributed by atoms with van der Waals surface area (Å²) in [7, 11) is 1.94. The van der Waals surface area contributed by atoms with E-state index in [0.29, 0.717) is 6.54 Å². The zero-order valence-corrected chi connectivity index (χ0v) is 7.81. The van der Waals surface area contributed by atoms with Gasteiger partial charge in [0, 0.05) is 18.9 Å². The molecule has 3 nitrogen and oxygen atoms in total. The van der Waals surface area contributed by atoms with Crippen LogP contribution in [0.2, 0.25) is 0 Å². The molecule has 0 aliphatic rings. The van der Waals surface area contributed by atoms with Gasteiger partial charge in [0.25, 0.3) is 0 Å². The Morgan fingerprint density at radius 1 is 1.62 bits per heavy atom. The van der Waals surface area contributed by atoms with Crippen LogP contribution in [-0.2, 0) is 11.2 Å². The third-order valence-electron chi connectivity index (χ3n) is 1.89. The average Bonchev–Trinajstić information content (AvgIpc) is 2.17. The number of hydrogen-bond acceptors (Lipinski definition) is 3. The van der Waals surface area contributed by atoms with Gasteiger partial charge in [-0.25, -0.2) is 0 Å². The molecule has 1 rings (SSSR count). The van der Waals surface area contributed by atoms with E-state index in [2.05, 4.69) is 4.98 Å². The van der Waals surface area contributed by atoms with Crippen LogP contribution in [0.3, 0.4) is 0 Å². The second kappa shape index (κ2) is 5.43. The van der Waals surface area contributed by atoms with Crippen molar-refractivity contribution >= 4 is 6.29 Å². The number of hydrogen-bond donors (Lipinski definition) is 0. The van der Waals surface area contributed by atoms with Gasteiger partial charge in [0.2, 0.25) is 0 Å². The summed E-state index contributed by atoms with van der Waals surface area (Å²) >= 11 is 0. The Labute approximate surface area is 78.4 Å². The lowest BCUT2D eigenvalue weighted by atomic mass is 10.2. The second-order valence-corrected chi connectivity index (χ2v) is 3.04. The van der Waals surface area contributed by atoms with E-state index in [1.165, 1.54) is 5.56 Å². The van der Waals surface area contributed by atoms with E-state index in [9.17, 15) is 4.79 Å². The number of carbonyl (C=O) groups excluding carboxylic acids is 1. The van der Waals surface area contributed by atoms with E-state index in [0.717, 1.165) is 19.3 Å². The molecule has 13 heavy (non-hydrogen) atoms. The van der Waals surface area contributed by atoms with Crippen molar-refractivity contribution in [3.05, 3.63) is 30.1 Å². The van der Waals surface area contributed by atoms with Crippen LogP contribution in [0, 0.1) is 0 Å². The molecule has 1 heterocycles. The van der Waals surface area contributed by atoms with Gasteiger partial charge in [-0.2, -0.15) is 0 Å². The van der Waals surface area contributed by atoms with E-state index in [-0.39, 0.29) is 0 Å². The van der Waals surface area contributed by atoms with E-state index in [1.54, 1.807) is 6.20 Å². The van der Waals surface area contributed by atoms with Gasteiger partial charge in [-0.05, 0) is 25.1 Å². The van der Waals surface area contributed by atoms with E-state index in [4.69, 9.17) is 0 Å². The molecule has 0 saturated carbocycles. The average molecular weight is 178 g/mol. The van der Waals surface area contributed by atoms with Crippen LogP contribution in [0.25, 0.3) is 0 Å². The summed E-state index contributed by atoms with van der Waals surface area (Å²) < 4.78 is 0. The number of carbonyl (C=O) groups is 1. The van der Waals surface area contributed by atoms with Gasteiger partial charge in [0.15, 0.2) is 0 Å². The Bertz CT molecular complexity index is 248. The molecule has 0 fully saturated rings. The Hall–Kier alpha value is -1.22. The summed E-state index contributed by atoms with van der Waals surface area (Å²) in [5.74, 6) is 0. The SMILES string of the molecule is CN(CC=O)CCc1cccnc1. The fourth-order valence-corrected chi connectivity index (χ4v) is 1.08. The van der Waals surface area contributed by atoms with Crippen LogP contribution < -0.4 is 0 Å². The maximum absolute atomic E-state index is 10.2. The fraction of sp³-hybridized carbons (Fsp3) is 0.400. The molecule has 0 aliphatic heterocycles. The molecular formula is C10H14N2O. The molecule has 0 bridgehead atoms. The highest BCUT2D eigenvalue weighted by Gasteiger charge is 1.97. The van der Waals surface area contributed by atoms with Gasteiger partial charge in [-0.15, -0.1) is 0 Å². The Morgan fingerprint density at radius 2 is 2.46 bits per heavy atom. The Kier molecular flexibility index (Phi) is 4.12. The summed E-state index contributed by atoms with van der Waals surface area (Å²) in [6.45, 7) is 1.39. The maximum atomic E-state index is 10.2. The standard InChI is InChI=1S/C10H14N2O/c1-12(7-8-13)6-4-10-3-2-5-11-9-10/h2-3,5,8-9H,4,6-7H2,1H3. The van der Waals surface area contributed by atoms with Crippen molar-refractivity contribution < 1.29 is 4.79 Å². The van der Waals surface area contributed by atoms with Gasteiger partial charge < -0.3 is 4.79 Å². The predicted octanol–water partition coefficient (Wildman–Crippen LogP) is 0.755. The van der Waals surface area contributed by atoms with Crippen LogP contribution in [-0.4, -0.2) is 36.3 Å². The molecule has 0 atom stereocenters. The molecule has 0 spiro atoms. The van der Waals surface area contributed by atoms with Crippen molar-refractivity contribution in [2.75, 3.05) is 20.1 Å². The lowest BCUT2D eigenvalue weighted by Crippen LogP contribution is -2.23. The fourth-order valence-electron chi connectivity index (χ4n) is 1.08. The quantitative estimate of drug-likeness (QED) is 0.624. The van der Waals surface area contributed by atoms with Crippen molar-refractivity contribution in [3.63, 3.8) is 0 Å². The van der Waals surface area contributed by atoms with E-state index in [1.807, 2.05) is 30.3 Å². The van der Waals surface area contributed by atoms with Crippen molar-refractivity contribution in [2.45, 2.75) is 6.42 Å². The second-order valence-electron chi connectivity index (χ2n) is 3.04. The number of aldehydes is 1. The Balaban J connectivity index is 2.30. The van der Waals surface area contributed by atoms with Crippen LogP contribution in [0.1, 0.15) is 5.56 Å². The molecule has 1 aromatic rings. The van der Waals surface area contributed by atoms with Crippen LogP contribution in [0.15, 0.2) is 24.5 Å². The minimum absolute atomic E-state index is 0.500. The summed E-state index contributed by atoms with van der Waals surface area (Å²) in [5.41, 5.74) is 1.21. The molecule has 0 radical (unpaired) electrons. The van der Waals surface area contributed by atoms with Gasteiger partial charge in [-0.1, -0.05) is 6.07 Å². The molecule has 0 aliphatic carbocycles. The third-order valence-corrected chi connectivity index (χ3v) is 1.89. The van der Waals surface area contributed by atoms with Crippen LogP contribution >= 0.6 is 0 Å². The lowest BCUT2D eigenvalue weighted by Gasteiger charge is -2.11. The zero-order chi connectivity index (χ0) is 9.52. The highest BCUT2D eigenvalue weighted by Crippen LogP contribution is 1.97. The summed E-state index contributed by atoms with van der Waals surface area (Å²) in [5, 5.41) is 0. The van der Waals surface area contributed by atoms with Gasteiger partial charge in [0.05, 0.1) is 6.54 Å². The number of nitrogens with zero attached hydrogens (tertiary/aromatic N) is 2. The van der Waals surface area contributed by atoms with Gasteiger partial charge in [-0.3, -0.25) is 9.88 Å². The molecule has 0 N–H and O–H groups in total. The summed E-state index contributed by atoms with van der Waals surface area (Å²) in [6, 6.07) is 3.97. The minimum atomic E-state index is 0.500. The monoisotopic (exact) mass is 178 g/mol. The normalized spacial score (nSPS) is 10.3. The first-order chi connectivity index (χ1) is 6.33. The number of pyridine rings is 1. The first-order valence-electron chi connectivity index (χ1n) is 4.34. The molecule has 0 aromatic carbocycles. The number of rotatable bonds is 5. The molecule has 0 unspecified atom stereocenters. The maximum Gasteiger partial charge on any atom is 0.133 e. The largest absolute Gasteiger partial charge is 0.302 e. The predicted molar refractivity (Wildman–Crippen MR) is 51.5 cm³/mol. The van der Waals surface area contributed by atoms with E-state index < -0.39 is 0 Å². The van der Waals surface area contributed by atoms with E-state index >= 15 is 0 Å². The number of aromatic nitrogens is 1. The van der Waals surface area contributed by atoms with Gasteiger partial charge >= 0.3 is 0 Å². The van der Waals surface area contributed by atoms with Crippen molar-refractivity contribution in [1.29, 1.82) is 0 Å². The summed E-state index contributed by atoms with van der Waals surface area (Å²) in [4.78, 5) is 16.2. The molecular weight excluding hydrogens is 164 g/mol. The smallest absolute Gasteiger partial charge is 0.133 e. The highest BCUT2D eigenvalue weighted by molar-refractivity contribution is 5.51. The lowest BCUT2D eigenvalue weighted by molar-refractivity contribution is -0.108. The van der Waals surface area contributed by atoms with Crippen molar-refractivity contribution in [2.24, 2.45) is 0 Å². The third kappa shape index (κ3) is 3.80. The van der Waals surface area contributed by atoms with Gasteiger partial charge in [0.1, 0.15) is 6.29 Å². The van der Waals surface area contributed by atoms with Crippen molar-refractivity contribution in [1.82, 2.24) is 9.88 Å². The number of likely N-dealkylation sites (N-methyl/N-ethyl adjacent to an activating group) is 1. The first kappa shape index (κ1) is 9.86. The summed E-state index contributed by atoms with van der Waals surface area (Å²) in [6.07, 6.45) is 5.48. The molecule has 0 saturated heterocycles. The molecule has 1 aromatic heterocycles. The molecule has 0 amide bonds. The van der Waals surface area contributed by atoms with Crippen molar-refractivity contribution in [3.8, 4) is 0 Å². The Morgan fingerprint density at radius 3 is 3.08 bits per heavy atom. The topological polar surface area (TPSA) is 33.2 Å². The minimum Gasteiger partial charge on any atom is -0.302 e. The molecule has 3 heteroatoms. The zero-order valence-electron chi connectivity index (χ0n) is 7.81. The van der Waals surface area contributed by atoms with Crippen LogP contribution in [0.4, 0.5) is 0 Å². The van der Waals surface area contributed by atoms with Crippen LogP contribution in [0.5, 0.6) is 0 Å². The highest BCUT2D eigenvalue weighted by atomic mass is 16.1. The molecule has 70 valence electrons. The first-order valence-corrected chi connectivity index (χ1v) is 4.34.